The summed E-state index contributed by atoms with van der Waals surface area (Å²) < 4.78 is 15.4. The van der Waals surface area contributed by atoms with Gasteiger partial charge in [-0.05, 0) is 87.4 Å². The summed E-state index contributed by atoms with van der Waals surface area (Å²) in [6.45, 7) is 7.84. The second-order valence-corrected chi connectivity index (χ2v) is 12.5. The standard InChI is InChI=1S/C36H33ClN4O4S/c1-20-17-24(23(4)40(20)29-14-10-13-28(37)21(29)2)18-31-35(43)41-33(27-16-15-26(44-5)19-30(27)45-6)32(22(3)38-36(41)46-31)34(42)39-25-11-8-7-9-12-25/h7-19,33H,1-6H3,(H,39,42)/b31-18-/t33-/m1/s1. The lowest BCUT2D eigenvalue weighted by Crippen LogP contribution is -2.40. The fraction of sp³-hybridized carbons (Fsp3) is 0.194. The van der Waals surface area contributed by atoms with Gasteiger partial charge < -0.3 is 19.4 Å². The zero-order valence-electron chi connectivity index (χ0n) is 26.3. The first-order valence-corrected chi connectivity index (χ1v) is 15.9. The van der Waals surface area contributed by atoms with Crippen LogP contribution in [-0.2, 0) is 4.79 Å². The van der Waals surface area contributed by atoms with E-state index in [1.807, 2.05) is 81.4 Å². The fourth-order valence-corrected chi connectivity index (χ4v) is 7.16. The monoisotopic (exact) mass is 652 g/mol. The summed E-state index contributed by atoms with van der Waals surface area (Å²) in [7, 11) is 3.13. The van der Waals surface area contributed by atoms with Crippen LogP contribution in [0, 0.1) is 20.8 Å². The van der Waals surface area contributed by atoms with E-state index in [2.05, 4.69) is 16.0 Å². The summed E-state index contributed by atoms with van der Waals surface area (Å²) in [4.78, 5) is 33.6. The molecule has 0 bridgehead atoms. The molecule has 1 aliphatic heterocycles. The number of nitrogens with one attached hydrogen (secondary N) is 1. The third-order valence-corrected chi connectivity index (χ3v) is 9.66. The number of aromatic nitrogens is 2. The smallest absolute Gasteiger partial charge is 0.271 e. The predicted octanol–water partition coefficient (Wildman–Crippen LogP) is 6.26. The molecule has 3 heterocycles. The van der Waals surface area contributed by atoms with E-state index >= 15 is 0 Å². The van der Waals surface area contributed by atoms with E-state index in [-0.39, 0.29) is 11.5 Å². The van der Waals surface area contributed by atoms with Crippen molar-refractivity contribution in [1.29, 1.82) is 0 Å². The van der Waals surface area contributed by atoms with Crippen molar-refractivity contribution in [2.45, 2.75) is 33.7 Å². The molecule has 8 nitrogen and oxygen atoms in total. The number of carbonyl (C=O) groups is 1. The molecule has 6 rings (SSSR count). The van der Waals surface area contributed by atoms with Crippen molar-refractivity contribution in [3.8, 4) is 17.2 Å². The Morgan fingerprint density at radius 3 is 2.46 bits per heavy atom. The molecule has 0 unspecified atom stereocenters. The third kappa shape index (κ3) is 5.46. The van der Waals surface area contributed by atoms with Crippen molar-refractivity contribution in [1.82, 2.24) is 9.13 Å². The largest absolute Gasteiger partial charge is 0.497 e. The van der Waals surface area contributed by atoms with E-state index in [4.69, 9.17) is 26.1 Å². The number of amides is 1. The molecule has 234 valence electrons. The van der Waals surface area contributed by atoms with E-state index in [0.717, 1.165) is 28.2 Å². The van der Waals surface area contributed by atoms with Crippen LogP contribution in [0.25, 0.3) is 11.8 Å². The van der Waals surface area contributed by atoms with Gasteiger partial charge in [0.1, 0.15) is 17.5 Å². The normalized spacial score (nSPS) is 14.6. The molecule has 5 aromatic rings. The average Bonchev–Trinajstić information content (AvgIpc) is 3.50. The van der Waals surface area contributed by atoms with Crippen molar-refractivity contribution < 1.29 is 14.3 Å². The Morgan fingerprint density at radius 1 is 0.978 bits per heavy atom. The quantitative estimate of drug-likeness (QED) is 0.225. The minimum absolute atomic E-state index is 0.257. The number of rotatable bonds is 7. The molecule has 0 saturated heterocycles. The summed E-state index contributed by atoms with van der Waals surface area (Å²) in [5, 5.41) is 3.68. The summed E-state index contributed by atoms with van der Waals surface area (Å²) >= 11 is 7.74. The number of fused-ring (bicyclic) bond motifs is 1. The zero-order valence-corrected chi connectivity index (χ0v) is 27.9. The van der Waals surface area contributed by atoms with E-state index in [9.17, 15) is 9.59 Å². The molecule has 1 aliphatic rings. The van der Waals surface area contributed by atoms with E-state index in [1.54, 1.807) is 37.8 Å². The second-order valence-electron chi connectivity index (χ2n) is 11.1. The van der Waals surface area contributed by atoms with Gasteiger partial charge in [-0.3, -0.25) is 14.2 Å². The summed E-state index contributed by atoms with van der Waals surface area (Å²) in [6, 6.07) is 21.7. The molecular formula is C36H33ClN4O4S. The van der Waals surface area contributed by atoms with Crippen LogP contribution in [0.1, 0.15) is 41.0 Å². The fourth-order valence-electron chi connectivity index (χ4n) is 5.95. The Morgan fingerprint density at radius 2 is 1.74 bits per heavy atom. The summed E-state index contributed by atoms with van der Waals surface area (Å²) in [5.74, 6) is 0.721. The number of aryl methyl sites for hydroxylation is 1. The number of halogens is 1. The first-order valence-electron chi connectivity index (χ1n) is 14.7. The van der Waals surface area contributed by atoms with Gasteiger partial charge >= 0.3 is 0 Å². The maximum absolute atomic E-state index is 14.4. The number of thiazole rings is 1. The van der Waals surface area contributed by atoms with Gasteiger partial charge in [-0.15, -0.1) is 0 Å². The van der Waals surface area contributed by atoms with E-state index in [1.165, 1.54) is 11.3 Å². The van der Waals surface area contributed by atoms with Crippen LogP contribution in [0.4, 0.5) is 5.69 Å². The SMILES string of the molecule is COc1ccc([C@@H]2C(C(=O)Nc3ccccc3)=C(C)N=c3s/c(=C\c4cc(C)n(-c5cccc(Cl)c5C)c4C)c(=O)n32)c(OC)c1. The van der Waals surface area contributed by atoms with Crippen LogP contribution in [0.15, 0.2) is 93.9 Å². The highest BCUT2D eigenvalue weighted by Crippen LogP contribution is 2.37. The molecular weight excluding hydrogens is 620 g/mol. The molecule has 46 heavy (non-hydrogen) atoms. The number of benzene rings is 3. The van der Waals surface area contributed by atoms with Gasteiger partial charge in [-0.2, -0.15) is 0 Å². The lowest BCUT2D eigenvalue weighted by Gasteiger charge is -2.26. The van der Waals surface area contributed by atoms with E-state index < -0.39 is 6.04 Å². The number of allylic oxidation sites excluding steroid dienone is 1. The van der Waals surface area contributed by atoms with Crippen molar-refractivity contribution in [2.75, 3.05) is 19.5 Å². The number of nitrogens with zero attached hydrogens (tertiary/aromatic N) is 3. The number of hydrogen-bond donors (Lipinski definition) is 1. The van der Waals surface area contributed by atoms with Crippen LogP contribution < -0.4 is 29.7 Å². The molecule has 3 aromatic carbocycles. The Bertz CT molecular complexity index is 2210. The minimum Gasteiger partial charge on any atom is -0.497 e. The van der Waals surface area contributed by atoms with Crippen LogP contribution in [-0.4, -0.2) is 29.3 Å². The Labute approximate surface area is 275 Å². The van der Waals surface area contributed by atoms with Gasteiger partial charge in [0.25, 0.3) is 11.5 Å². The van der Waals surface area contributed by atoms with E-state index in [0.29, 0.717) is 48.4 Å². The Balaban J connectivity index is 1.54. The van der Waals surface area contributed by atoms with Crippen LogP contribution in [0.5, 0.6) is 11.5 Å². The number of anilines is 1. The maximum Gasteiger partial charge on any atom is 0.271 e. The van der Waals surface area contributed by atoms with Gasteiger partial charge in [0.2, 0.25) is 0 Å². The van der Waals surface area contributed by atoms with Gasteiger partial charge in [0, 0.05) is 39.4 Å². The lowest BCUT2D eigenvalue weighted by molar-refractivity contribution is -0.113. The first-order chi connectivity index (χ1) is 22.1. The molecule has 0 spiro atoms. The van der Waals surface area contributed by atoms with Crippen LogP contribution in [0.2, 0.25) is 5.02 Å². The summed E-state index contributed by atoms with van der Waals surface area (Å²) in [5.41, 5.74) is 6.72. The average molecular weight is 653 g/mol. The predicted molar refractivity (Wildman–Crippen MR) is 183 cm³/mol. The highest BCUT2D eigenvalue weighted by molar-refractivity contribution is 7.07. The van der Waals surface area contributed by atoms with Crippen molar-refractivity contribution in [2.24, 2.45) is 4.99 Å². The van der Waals surface area contributed by atoms with Crippen molar-refractivity contribution in [3.05, 3.63) is 137 Å². The van der Waals surface area contributed by atoms with Crippen molar-refractivity contribution in [3.63, 3.8) is 0 Å². The number of methoxy groups -OCH3 is 2. The molecule has 0 radical (unpaired) electrons. The minimum atomic E-state index is -0.801. The molecule has 1 amide bonds. The zero-order chi connectivity index (χ0) is 32.7. The molecule has 0 fully saturated rings. The van der Waals surface area contributed by atoms with Gasteiger partial charge in [0.05, 0.1) is 30.0 Å². The number of carbonyl (C=O) groups excluding carboxylic acids is 1. The number of para-hydroxylation sites is 1. The Kier molecular flexibility index (Phi) is 8.46. The second kappa shape index (κ2) is 12.5. The van der Waals surface area contributed by atoms with Gasteiger partial charge in [-0.1, -0.05) is 47.2 Å². The highest BCUT2D eigenvalue weighted by atomic mass is 35.5. The molecule has 1 atom stereocenters. The number of hydrogen-bond acceptors (Lipinski definition) is 6. The van der Waals surface area contributed by atoms with Crippen molar-refractivity contribution >= 4 is 40.6 Å². The first kappa shape index (κ1) is 31.1. The number of ether oxygens (including phenoxy) is 2. The molecule has 0 aliphatic carbocycles. The van der Waals surface area contributed by atoms with Gasteiger partial charge in [0.15, 0.2) is 4.80 Å². The van der Waals surface area contributed by atoms with Gasteiger partial charge in [-0.25, -0.2) is 4.99 Å². The Hall–Kier alpha value is -4.86. The molecule has 2 aromatic heterocycles. The third-order valence-electron chi connectivity index (χ3n) is 8.27. The molecule has 0 saturated carbocycles. The topological polar surface area (TPSA) is 86.9 Å². The lowest BCUT2D eigenvalue weighted by atomic mass is 9.94. The highest BCUT2D eigenvalue weighted by Gasteiger charge is 2.34. The van der Waals surface area contributed by atoms with Crippen LogP contribution >= 0.6 is 22.9 Å². The molecule has 10 heteroatoms. The molecule has 1 N–H and O–H groups in total. The maximum atomic E-state index is 14.4. The van der Waals surface area contributed by atoms with Crippen LogP contribution in [0.3, 0.4) is 0 Å². The summed E-state index contributed by atoms with van der Waals surface area (Å²) in [6.07, 6.45) is 1.90.